The van der Waals surface area contributed by atoms with Gasteiger partial charge in [0.1, 0.15) is 11.5 Å². The summed E-state index contributed by atoms with van der Waals surface area (Å²) in [6.07, 6.45) is 2.93. The van der Waals surface area contributed by atoms with E-state index >= 15 is 0 Å². The minimum Gasteiger partial charge on any atom is -0.508 e. The largest absolute Gasteiger partial charge is 0.508 e. The van der Waals surface area contributed by atoms with E-state index in [0.717, 1.165) is 32.4 Å². The third-order valence-corrected chi connectivity index (χ3v) is 6.43. The molecule has 1 fully saturated rings. The van der Waals surface area contributed by atoms with Crippen LogP contribution in [-0.4, -0.2) is 54.0 Å². The third kappa shape index (κ3) is 4.65. The Morgan fingerprint density at radius 2 is 1.70 bits per heavy atom. The Labute approximate surface area is 193 Å². The molecular weight excluding hydrogens is 420 g/mol. The van der Waals surface area contributed by atoms with Gasteiger partial charge in [-0.15, -0.1) is 5.10 Å². The topological polar surface area (TPSA) is 112 Å². The molecule has 1 aliphatic rings. The van der Waals surface area contributed by atoms with Crippen LogP contribution in [0.25, 0.3) is 17.1 Å². The number of aromatic nitrogens is 3. The highest BCUT2D eigenvalue weighted by Gasteiger charge is 2.22. The van der Waals surface area contributed by atoms with Crippen molar-refractivity contribution < 1.29 is 20.1 Å². The van der Waals surface area contributed by atoms with Crippen LogP contribution >= 0.6 is 0 Å². The monoisotopic (exact) mass is 450 g/mol. The maximum absolute atomic E-state index is 11.5. The lowest BCUT2D eigenvalue weighted by Gasteiger charge is -2.31. The van der Waals surface area contributed by atoms with Gasteiger partial charge in [-0.25, -0.2) is 4.57 Å². The van der Waals surface area contributed by atoms with E-state index in [1.54, 1.807) is 13.0 Å². The highest BCUT2D eigenvalue weighted by molar-refractivity contribution is 5.73. The van der Waals surface area contributed by atoms with Gasteiger partial charge >= 0.3 is 6.01 Å². The van der Waals surface area contributed by atoms with Crippen LogP contribution in [-0.2, 0) is 11.2 Å². The summed E-state index contributed by atoms with van der Waals surface area (Å²) in [6.45, 7) is 7.13. The quantitative estimate of drug-likeness (QED) is 0.542. The molecule has 1 aliphatic heterocycles. The van der Waals surface area contributed by atoms with Crippen molar-refractivity contribution in [1.82, 2.24) is 19.7 Å². The minimum absolute atomic E-state index is 0.0139. The molecule has 8 nitrogen and oxygen atoms in total. The van der Waals surface area contributed by atoms with Crippen molar-refractivity contribution in [3.8, 4) is 34.6 Å². The van der Waals surface area contributed by atoms with Crippen molar-refractivity contribution in [2.45, 2.75) is 46.0 Å². The van der Waals surface area contributed by atoms with Gasteiger partial charge in [0.2, 0.25) is 5.91 Å². The van der Waals surface area contributed by atoms with Gasteiger partial charge in [-0.2, -0.15) is 0 Å². The second-order valence-corrected chi connectivity index (χ2v) is 9.06. The predicted molar refractivity (Wildman–Crippen MR) is 125 cm³/mol. The summed E-state index contributed by atoms with van der Waals surface area (Å²) < 4.78 is 1.48. The van der Waals surface area contributed by atoms with Gasteiger partial charge in [0.15, 0.2) is 5.82 Å². The van der Waals surface area contributed by atoms with E-state index in [1.807, 2.05) is 43.0 Å². The predicted octanol–water partition coefficient (Wildman–Crippen LogP) is 3.98. The van der Waals surface area contributed by atoms with E-state index < -0.39 is 0 Å². The van der Waals surface area contributed by atoms with Crippen molar-refractivity contribution in [3.05, 3.63) is 47.5 Å². The average molecular weight is 451 g/mol. The Bertz CT molecular complexity index is 1150. The molecule has 0 aliphatic carbocycles. The Morgan fingerprint density at radius 3 is 2.30 bits per heavy atom. The minimum atomic E-state index is -0.284. The van der Waals surface area contributed by atoms with Crippen LogP contribution in [0.5, 0.6) is 17.5 Å². The first kappa shape index (κ1) is 22.6. The maximum atomic E-state index is 11.5. The molecule has 0 bridgehead atoms. The zero-order valence-electron chi connectivity index (χ0n) is 19.2. The van der Waals surface area contributed by atoms with Crippen LogP contribution < -0.4 is 0 Å². The Morgan fingerprint density at radius 1 is 1.03 bits per heavy atom. The second-order valence-electron chi connectivity index (χ2n) is 9.06. The molecule has 1 saturated heterocycles. The molecule has 1 aromatic heterocycles. The fourth-order valence-corrected chi connectivity index (χ4v) is 4.49. The van der Waals surface area contributed by atoms with Gasteiger partial charge in [0.05, 0.1) is 11.3 Å². The number of hydrogen-bond acceptors (Lipinski definition) is 6. The summed E-state index contributed by atoms with van der Waals surface area (Å²) in [4.78, 5) is 13.4. The molecule has 1 amide bonds. The van der Waals surface area contributed by atoms with E-state index in [2.05, 4.69) is 10.2 Å². The number of piperidine rings is 1. The van der Waals surface area contributed by atoms with Crippen LogP contribution in [0.4, 0.5) is 0 Å². The van der Waals surface area contributed by atoms with Gasteiger partial charge in [-0.3, -0.25) is 4.79 Å². The number of benzene rings is 2. The lowest BCUT2D eigenvalue weighted by atomic mass is 9.90. The first-order valence-electron chi connectivity index (χ1n) is 11.3. The number of aromatic hydroxyl groups is 3. The summed E-state index contributed by atoms with van der Waals surface area (Å²) in [6, 6.07) is 10.5. The molecule has 174 valence electrons. The maximum Gasteiger partial charge on any atom is 0.319 e. The molecule has 0 spiro atoms. The number of rotatable bonds is 5. The van der Waals surface area contributed by atoms with Crippen molar-refractivity contribution in [2.24, 2.45) is 5.92 Å². The number of carbonyl (C=O) groups excluding carboxylic acids is 1. The zero-order chi connectivity index (χ0) is 23.7. The molecule has 0 unspecified atom stereocenters. The third-order valence-electron chi connectivity index (χ3n) is 6.43. The normalized spacial score (nSPS) is 14.7. The van der Waals surface area contributed by atoms with Gasteiger partial charge in [0, 0.05) is 26.1 Å². The van der Waals surface area contributed by atoms with E-state index in [4.69, 9.17) is 0 Å². The van der Waals surface area contributed by atoms with Gasteiger partial charge in [0.25, 0.3) is 0 Å². The van der Waals surface area contributed by atoms with Crippen LogP contribution in [0.1, 0.15) is 50.7 Å². The SMILES string of the molecule is CC(=O)N1CCC(Cc2ccc(-n3c(O)nnc3-c3cc(C(C)C)c(O)cc3O)cc2)CC1. The molecule has 4 rings (SSSR count). The van der Waals surface area contributed by atoms with Crippen molar-refractivity contribution in [3.63, 3.8) is 0 Å². The van der Waals surface area contributed by atoms with Gasteiger partial charge < -0.3 is 20.2 Å². The summed E-state index contributed by atoms with van der Waals surface area (Å²) in [7, 11) is 0. The highest BCUT2D eigenvalue weighted by Crippen LogP contribution is 2.38. The second kappa shape index (κ2) is 9.13. The summed E-state index contributed by atoms with van der Waals surface area (Å²) in [5, 5.41) is 38.9. The summed E-state index contributed by atoms with van der Waals surface area (Å²) >= 11 is 0. The van der Waals surface area contributed by atoms with Crippen LogP contribution in [0, 0.1) is 5.92 Å². The summed E-state index contributed by atoms with van der Waals surface area (Å²) in [5.74, 6) is 0.877. The molecule has 8 heteroatoms. The fourth-order valence-electron chi connectivity index (χ4n) is 4.49. The number of carbonyl (C=O) groups is 1. The molecule has 2 heterocycles. The number of phenols is 2. The van der Waals surface area contributed by atoms with E-state index in [9.17, 15) is 20.1 Å². The molecule has 3 aromatic rings. The Hall–Kier alpha value is -3.55. The molecule has 0 radical (unpaired) electrons. The van der Waals surface area contributed by atoms with E-state index in [0.29, 0.717) is 22.7 Å². The lowest BCUT2D eigenvalue weighted by molar-refractivity contribution is -0.130. The summed E-state index contributed by atoms with van der Waals surface area (Å²) in [5.41, 5.74) is 2.90. The van der Waals surface area contributed by atoms with Gasteiger partial charge in [-0.1, -0.05) is 31.1 Å². The lowest BCUT2D eigenvalue weighted by Crippen LogP contribution is -2.37. The molecule has 0 atom stereocenters. The number of hydrogen-bond donors (Lipinski definition) is 3. The van der Waals surface area contributed by atoms with E-state index in [1.165, 1.54) is 16.2 Å². The number of amides is 1. The fraction of sp³-hybridized carbons (Fsp3) is 0.400. The highest BCUT2D eigenvalue weighted by atomic mass is 16.3. The molecule has 3 N–H and O–H groups in total. The average Bonchev–Trinajstić information content (AvgIpc) is 3.15. The number of likely N-dealkylation sites (tertiary alicyclic amines) is 1. The van der Waals surface area contributed by atoms with E-state index in [-0.39, 0.29) is 35.2 Å². The Kier molecular flexibility index (Phi) is 6.26. The van der Waals surface area contributed by atoms with Crippen LogP contribution in [0.15, 0.2) is 36.4 Å². The van der Waals surface area contributed by atoms with Crippen molar-refractivity contribution in [2.75, 3.05) is 13.1 Å². The zero-order valence-corrected chi connectivity index (χ0v) is 19.2. The molecular formula is C25H30N4O4. The van der Waals surface area contributed by atoms with Crippen LogP contribution in [0.2, 0.25) is 0 Å². The Balaban J connectivity index is 1.58. The van der Waals surface area contributed by atoms with Crippen molar-refractivity contribution >= 4 is 5.91 Å². The smallest absolute Gasteiger partial charge is 0.319 e. The first-order valence-corrected chi connectivity index (χ1v) is 11.3. The van der Waals surface area contributed by atoms with Crippen LogP contribution in [0.3, 0.4) is 0 Å². The number of nitrogens with zero attached hydrogens (tertiary/aromatic N) is 4. The molecule has 0 saturated carbocycles. The molecule has 2 aromatic carbocycles. The molecule has 33 heavy (non-hydrogen) atoms. The van der Waals surface area contributed by atoms with Gasteiger partial charge in [-0.05, 0) is 60.4 Å². The first-order chi connectivity index (χ1) is 15.7. The number of phenolic OH excluding ortho intramolecular Hbond substituents is 2. The standard InChI is InChI=1S/C25H30N4O4/c1-15(2)20-13-21(23(32)14-22(20)31)24-26-27-25(33)29(24)19-6-4-17(5-7-19)12-18-8-10-28(11-9-18)16(3)30/h4-7,13-15,18,31-32H,8-12H2,1-3H3,(H,27,33). The van der Waals surface area contributed by atoms with Crippen molar-refractivity contribution in [1.29, 1.82) is 0 Å².